The largest absolute Gasteiger partial charge is 0.492 e. The van der Waals surface area contributed by atoms with E-state index >= 15 is 0 Å². The van der Waals surface area contributed by atoms with Gasteiger partial charge in [0.15, 0.2) is 0 Å². The molecule has 1 fully saturated rings. The van der Waals surface area contributed by atoms with Gasteiger partial charge in [0.1, 0.15) is 12.3 Å². The first-order valence-corrected chi connectivity index (χ1v) is 11.9. The molecule has 0 saturated heterocycles. The van der Waals surface area contributed by atoms with Crippen LogP contribution >= 0.6 is 11.6 Å². The van der Waals surface area contributed by atoms with E-state index in [1.807, 2.05) is 31.2 Å². The fourth-order valence-corrected chi connectivity index (χ4v) is 4.93. The lowest BCUT2D eigenvalue weighted by Gasteiger charge is -2.40. The average molecular weight is 456 g/mol. The Hall–Kier alpha value is -2.30. The van der Waals surface area contributed by atoms with Crippen molar-refractivity contribution in [2.45, 2.75) is 58.0 Å². The van der Waals surface area contributed by atoms with E-state index < -0.39 is 0 Å². The van der Waals surface area contributed by atoms with E-state index in [4.69, 9.17) is 16.3 Å². The quantitative estimate of drug-likeness (QED) is 0.432. The molecule has 5 heteroatoms. The number of carbonyl (C=O) groups excluding carboxylic acids is 1. The lowest BCUT2D eigenvalue weighted by Crippen LogP contribution is -2.48. The minimum Gasteiger partial charge on any atom is -0.492 e. The van der Waals surface area contributed by atoms with Gasteiger partial charge in [-0.15, -0.1) is 0 Å². The van der Waals surface area contributed by atoms with Crippen molar-refractivity contribution in [2.24, 2.45) is 0 Å². The van der Waals surface area contributed by atoms with Gasteiger partial charge < -0.3 is 14.5 Å². The van der Waals surface area contributed by atoms with Gasteiger partial charge >= 0.3 is 0 Å². The molecule has 1 aliphatic carbocycles. The molecule has 0 radical (unpaired) electrons. The van der Waals surface area contributed by atoms with Crippen LogP contribution in [0.4, 0.5) is 5.69 Å². The summed E-state index contributed by atoms with van der Waals surface area (Å²) >= 11 is 6.09. The number of ether oxygens (including phenoxy) is 1. The van der Waals surface area contributed by atoms with Crippen LogP contribution in [0.2, 0.25) is 5.02 Å². The number of anilines is 1. The van der Waals surface area contributed by atoms with Gasteiger partial charge in [-0.2, -0.15) is 0 Å². The van der Waals surface area contributed by atoms with Crippen LogP contribution < -0.4 is 10.1 Å². The van der Waals surface area contributed by atoms with Crippen LogP contribution in [0.5, 0.6) is 5.75 Å². The summed E-state index contributed by atoms with van der Waals surface area (Å²) in [6, 6.07) is 12.6. The van der Waals surface area contributed by atoms with Crippen molar-refractivity contribution in [3.05, 3.63) is 64.7 Å². The van der Waals surface area contributed by atoms with Crippen molar-refractivity contribution >= 4 is 29.3 Å². The van der Waals surface area contributed by atoms with E-state index in [-0.39, 0.29) is 12.3 Å². The molecule has 32 heavy (non-hydrogen) atoms. The second-order valence-electron chi connectivity index (χ2n) is 9.42. The predicted molar refractivity (Wildman–Crippen MR) is 134 cm³/mol. The number of amides is 1. The van der Waals surface area contributed by atoms with Gasteiger partial charge in [-0.05, 0) is 62.4 Å². The van der Waals surface area contributed by atoms with Crippen LogP contribution in [0.3, 0.4) is 0 Å². The molecule has 1 aliphatic rings. The van der Waals surface area contributed by atoms with Crippen LogP contribution in [0.1, 0.15) is 55.2 Å². The molecule has 0 bridgehead atoms. The van der Waals surface area contributed by atoms with Crippen molar-refractivity contribution in [3.8, 4) is 5.75 Å². The maximum Gasteiger partial charge on any atom is 0.227 e. The minimum atomic E-state index is -0.0668. The summed E-state index contributed by atoms with van der Waals surface area (Å²) in [4.78, 5) is 12.4. The first kappa shape index (κ1) is 24.3. The smallest absolute Gasteiger partial charge is 0.227 e. The SMILES string of the molecule is C=Cc1cc(Cl)cc(C)c1OCCC(=O)Nc1ccc(C[N+](C)(C)C2CCCCC2)cc1. The average Bonchev–Trinajstić information content (AvgIpc) is 2.76. The number of aryl methyl sites for hydroxylation is 1. The van der Waals surface area contributed by atoms with Crippen molar-refractivity contribution in [1.29, 1.82) is 0 Å². The molecule has 4 nitrogen and oxygen atoms in total. The molecule has 3 rings (SSSR count). The van der Waals surface area contributed by atoms with E-state index in [1.54, 1.807) is 6.08 Å². The number of rotatable bonds is 9. The van der Waals surface area contributed by atoms with Gasteiger partial charge in [0, 0.05) is 21.8 Å². The third-order valence-electron chi connectivity index (χ3n) is 6.45. The lowest BCUT2D eigenvalue weighted by atomic mass is 9.92. The van der Waals surface area contributed by atoms with Crippen molar-refractivity contribution < 1.29 is 14.0 Å². The highest BCUT2D eigenvalue weighted by atomic mass is 35.5. The van der Waals surface area contributed by atoms with E-state index in [1.165, 1.54) is 37.7 Å². The molecule has 0 unspecified atom stereocenters. The molecule has 0 aromatic heterocycles. The Morgan fingerprint density at radius 1 is 1.19 bits per heavy atom. The number of hydrogen-bond acceptors (Lipinski definition) is 2. The van der Waals surface area contributed by atoms with Crippen LogP contribution in [0.25, 0.3) is 6.08 Å². The summed E-state index contributed by atoms with van der Waals surface area (Å²) in [5, 5.41) is 3.61. The van der Waals surface area contributed by atoms with Gasteiger partial charge in [0.2, 0.25) is 5.91 Å². The van der Waals surface area contributed by atoms with Crippen molar-refractivity contribution in [2.75, 3.05) is 26.0 Å². The van der Waals surface area contributed by atoms with Gasteiger partial charge in [-0.3, -0.25) is 4.79 Å². The normalized spacial score (nSPS) is 14.8. The van der Waals surface area contributed by atoms with Crippen LogP contribution in [-0.2, 0) is 11.3 Å². The Labute approximate surface area is 197 Å². The summed E-state index contributed by atoms with van der Waals surface area (Å²) in [7, 11) is 4.68. The zero-order valence-electron chi connectivity index (χ0n) is 19.6. The first-order valence-electron chi connectivity index (χ1n) is 11.6. The maximum atomic E-state index is 12.4. The number of nitrogens with zero attached hydrogens (tertiary/aromatic N) is 1. The summed E-state index contributed by atoms with van der Waals surface area (Å²) in [5.74, 6) is 0.656. The molecule has 1 amide bonds. The van der Waals surface area contributed by atoms with Gasteiger partial charge in [-0.25, -0.2) is 0 Å². The van der Waals surface area contributed by atoms with Crippen LogP contribution in [-0.4, -0.2) is 37.1 Å². The molecule has 0 aliphatic heterocycles. The Morgan fingerprint density at radius 3 is 2.53 bits per heavy atom. The molecule has 172 valence electrons. The third kappa shape index (κ3) is 6.60. The molecular formula is C27H36ClN2O2+. The molecule has 0 heterocycles. The predicted octanol–water partition coefficient (Wildman–Crippen LogP) is 6.61. The van der Waals surface area contributed by atoms with Crippen LogP contribution in [0, 0.1) is 6.92 Å². The molecule has 2 aromatic rings. The van der Waals surface area contributed by atoms with E-state index in [0.29, 0.717) is 11.6 Å². The minimum absolute atomic E-state index is 0.0668. The third-order valence-corrected chi connectivity index (χ3v) is 6.67. The standard InChI is InChI=1S/C27H35ClN2O2/c1-5-22-18-23(28)17-20(2)27(22)32-16-15-26(31)29-24-13-11-21(12-14-24)19-30(3,4)25-9-7-6-8-10-25/h5,11-14,17-18,25H,1,6-10,15-16,19H2,2-4H3/p+1. The highest BCUT2D eigenvalue weighted by molar-refractivity contribution is 6.30. The molecule has 0 atom stereocenters. The summed E-state index contributed by atoms with van der Waals surface area (Å²) in [6.45, 7) is 7.05. The topological polar surface area (TPSA) is 38.3 Å². The number of quaternary nitrogens is 1. The van der Waals surface area contributed by atoms with Gasteiger partial charge in [-0.1, -0.05) is 42.8 Å². The maximum absolute atomic E-state index is 12.4. The number of benzene rings is 2. The first-order chi connectivity index (χ1) is 15.3. The Balaban J connectivity index is 1.49. The summed E-state index contributed by atoms with van der Waals surface area (Å²) in [5.41, 5.74) is 3.88. The lowest BCUT2D eigenvalue weighted by molar-refractivity contribution is -0.929. The van der Waals surface area contributed by atoms with Gasteiger partial charge in [0.05, 0.1) is 33.2 Å². The van der Waals surface area contributed by atoms with Gasteiger partial charge in [0.25, 0.3) is 0 Å². The zero-order chi connectivity index (χ0) is 23.1. The fourth-order valence-electron chi connectivity index (χ4n) is 4.65. The van der Waals surface area contributed by atoms with E-state index in [0.717, 1.165) is 39.6 Å². The summed E-state index contributed by atoms with van der Waals surface area (Å²) in [6.07, 6.45) is 8.72. The second kappa shape index (κ2) is 11.0. The van der Waals surface area contributed by atoms with Crippen LogP contribution in [0.15, 0.2) is 43.0 Å². The number of hydrogen-bond donors (Lipinski definition) is 1. The zero-order valence-corrected chi connectivity index (χ0v) is 20.4. The molecule has 2 aromatic carbocycles. The Bertz CT molecular complexity index is 931. The summed E-state index contributed by atoms with van der Waals surface area (Å²) < 4.78 is 6.89. The monoisotopic (exact) mass is 455 g/mol. The van der Waals surface area contributed by atoms with E-state index in [9.17, 15) is 4.79 Å². The van der Waals surface area contributed by atoms with E-state index in [2.05, 4.69) is 38.1 Å². The second-order valence-corrected chi connectivity index (χ2v) is 9.85. The molecule has 1 N–H and O–H groups in total. The highest BCUT2D eigenvalue weighted by Gasteiger charge is 2.29. The van der Waals surface area contributed by atoms with Crippen molar-refractivity contribution in [1.82, 2.24) is 0 Å². The fraction of sp³-hybridized carbons (Fsp3) is 0.444. The molecule has 0 spiro atoms. The Morgan fingerprint density at radius 2 is 1.88 bits per heavy atom. The number of carbonyl (C=O) groups is 1. The number of nitrogens with one attached hydrogen (secondary N) is 1. The molecule has 1 saturated carbocycles. The number of halogens is 1. The Kier molecular flexibility index (Phi) is 8.38. The highest BCUT2D eigenvalue weighted by Crippen LogP contribution is 2.29. The van der Waals surface area contributed by atoms with Crippen molar-refractivity contribution in [3.63, 3.8) is 0 Å². The molecular weight excluding hydrogens is 420 g/mol.